The Labute approximate surface area is 223 Å². The summed E-state index contributed by atoms with van der Waals surface area (Å²) in [6, 6.07) is 22.4. The summed E-state index contributed by atoms with van der Waals surface area (Å²) in [5, 5.41) is 6.72. The predicted molar refractivity (Wildman–Crippen MR) is 150 cm³/mol. The lowest BCUT2D eigenvalue weighted by Gasteiger charge is -2.40. The Morgan fingerprint density at radius 1 is 1.03 bits per heavy atom. The van der Waals surface area contributed by atoms with Gasteiger partial charge in [-0.15, -0.1) is 11.8 Å². The molecule has 0 radical (unpaired) electrons. The van der Waals surface area contributed by atoms with E-state index in [0.29, 0.717) is 23.0 Å². The lowest BCUT2D eigenvalue weighted by Crippen LogP contribution is -2.34. The van der Waals surface area contributed by atoms with Crippen LogP contribution < -0.4 is 14.9 Å². The van der Waals surface area contributed by atoms with Crippen molar-refractivity contribution in [2.45, 2.75) is 42.0 Å². The molecule has 188 valence electrons. The molecule has 1 aromatic heterocycles. The monoisotopic (exact) mass is 528 g/mol. The highest BCUT2D eigenvalue weighted by Crippen LogP contribution is 2.64. The number of hydrogen-bond donors (Lipinski definition) is 1. The number of thiazole rings is 1. The van der Waals surface area contributed by atoms with Crippen molar-refractivity contribution in [3.8, 4) is 5.75 Å². The second-order valence-corrected chi connectivity index (χ2v) is 12.6. The summed E-state index contributed by atoms with van der Waals surface area (Å²) >= 11 is 3.19. The molecule has 3 aromatic carbocycles. The van der Waals surface area contributed by atoms with Crippen LogP contribution in [0.3, 0.4) is 0 Å². The second-order valence-electron chi connectivity index (χ2n) is 10.5. The maximum atomic E-state index is 13.3. The molecule has 0 saturated heterocycles. The molecule has 2 aliphatic carbocycles. The first kappa shape index (κ1) is 23.1. The third-order valence-electron chi connectivity index (χ3n) is 8.50. The van der Waals surface area contributed by atoms with Gasteiger partial charge >= 0.3 is 4.87 Å². The Hall–Kier alpha value is -3.03. The summed E-state index contributed by atoms with van der Waals surface area (Å²) in [7, 11) is 1.69. The first-order chi connectivity index (χ1) is 18.1. The van der Waals surface area contributed by atoms with E-state index in [2.05, 4.69) is 23.5 Å². The number of carbonyl (C=O) groups excluding carboxylic acids is 1. The number of nitrogens with zero attached hydrogens (tertiary/aromatic N) is 1. The maximum Gasteiger partial charge on any atom is 0.308 e. The second kappa shape index (κ2) is 9.07. The van der Waals surface area contributed by atoms with Gasteiger partial charge in [-0.05, 0) is 77.6 Å². The van der Waals surface area contributed by atoms with Crippen LogP contribution >= 0.6 is 23.1 Å². The number of anilines is 1. The molecule has 5 nitrogen and oxygen atoms in total. The first-order valence-corrected chi connectivity index (χ1v) is 14.6. The number of fused-ring (bicyclic) bond motifs is 7. The van der Waals surface area contributed by atoms with Gasteiger partial charge in [0.2, 0.25) is 5.91 Å². The van der Waals surface area contributed by atoms with E-state index in [9.17, 15) is 9.59 Å². The number of methoxy groups -OCH3 is 1. The number of amides is 1. The summed E-state index contributed by atoms with van der Waals surface area (Å²) in [5.41, 5.74) is 2.00. The van der Waals surface area contributed by atoms with Crippen molar-refractivity contribution < 1.29 is 9.53 Å². The van der Waals surface area contributed by atoms with Crippen LogP contribution in [0.1, 0.15) is 35.6 Å². The molecular formula is C30H28N2O3S2. The standard InChI is InChI=1S/C30H28N2O3S2/c1-35-23-12-9-18(10-13-23)25-26-20-6-7-21(14-20)27(26)36-29-28(25)37-30(34)32(29)16-24(33)31-22-11-8-17-4-2-3-5-19(17)15-22/h2-5,8-13,15,20-21,25-27H,6-7,14,16H2,1H3,(H,31,33)/t20?,21?,25-,26?,27?/m1/s1. The van der Waals surface area contributed by atoms with Gasteiger partial charge in [0.15, 0.2) is 0 Å². The van der Waals surface area contributed by atoms with Crippen molar-refractivity contribution in [1.29, 1.82) is 0 Å². The predicted octanol–water partition coefficient (Wildman–Crippen LogP) is 6.36. The van der Waals surface area contributed by atoms with Gasteiger partial charge in [0.25, 0.3) is 0 Å². The van der Waals surface area contributed by atoms with E-state index in [0.717, 1.165) is 32.1 Å². The van der Waals surface area contributed by atoms with Gasteiger partial charge in [0.05, 0.1) is 12.1 Å². The normalized spacial score (nSPS) is 25.6. The minimum Gasteiger partial charge on any atom is -0.497 e. The third kappa shape index (κ3) is 3.91. The van der Waals surface area contributed by atoms with Crippen molar-refractivity contribution in [2.75, 3.05) is 12.4 Å². The van der Waals surface area contributed by atoms with Crippen molar-refractivity contribution in [3.05, 3.63) is 86.8 Å². The van der Waals surface area contributed by atoms with Gasteiger partial charge in [-0.3, -0.25) is 14.2 Å². The zero-order chi connectivity index (χ0) is 25.1. The van der Waals surface area contributed by atoms with E-state index >= 15 is 0 Å². The average molecular weight is 529 g/mol. The van der Waals surface area contributed by atoms with Crippen molar-refractivity contribution >= 4 is 45.5 Å². The van der Waals surface area contributed by atoms with Gasteiger partial charge < -0.3 is 10.1 Å². The maximum absolute atomic E-state index is 13.3. The van der Waals surface area contributed by atoms with Gasteiger partial charge in [0, 0.05) is 21.7 Å². The molecule has 7 rings (SSSR count). The number of aromatic nitrogens is 1. The molecule has 1 aliphatic heterocycles. The molecule has 2 heterocycles. The minimum absolute atomic E-state index is 0.0330. The molecule has 1 N–H and O–H groups in total. The molecule has 2 saturated carbocycles. The largest absolute Gasteiger partial charge is 0.497 e. The van der Waals surface area contributed by atoms with Crippen LogP contribution in [0.5, 0.6) is 5.75 Å². The fraction of sp³-hybridized carbons (Fsp3) is 0.333. The number of hydrogen-bond acceptors (Lipinski definition) is 5. The summed E-state index contributed by atoms with van der Waals surface area (Å²) in [6.07, 6.45) is 3.86. The number of thioether (sulfide) groups is 1. The fourth-order valence-electron chi connectivity index (χ4n) is 6.88. The Kier molecular flexibility index (Phi) is 5.66. The SMILES string of the molecule is COc1ccc([C@H]2c3sc(=O)n(CC(=O)Nc4ccc5ccccc5c4)c3SC3C4CCC(C4)C32)cc1. The highest BCUT2D eigenvalue weighted by molar-refractivity contribution is 8.00. The van der Waals surface area contributed by atoms with E-state index in [1.54, 1.807) is 11.7 Å². The highest BCUT2D eigenvalue weighted by Gasteiger charge is 2.55. The summed E-state index contributed by atoms with van der Waals surface area (Å²) in [6.45, 7) is 0.0330. The van der Waals surface area contributed by atoms with Gasteiger partial charge in [-0.1, -0.05) is 53.8 Å². The van der Waals surface area contributed by atoms with E-state index in [-0.39, 0.29) is 23.2 Å². The fourth-order valence-corrected chi connectivity index (χ4v) is 10.0. The van der Waals surface area contributed by atoms with Gasteiger partial charge in [-0.2, -0.15) is 0 Å². The van der Waals surface area contributed by atoms with Crippen molar-refractivity contribution in [2.24, 2.45) is 17.8 Å². The van der Waals surface area contributed by atoms with E-state index in [4.69, 9.17) is 4.74 Å². The molecule has 2 fully saturated rings. The number of ether oxygens (including phenoxy) is 1. The van der Waals surface area contributed by atoms with Crippen LogP contribution in [0, 0.1) is 17.8 Å². The smallest absolute Gasteiger partial charge is 0.308 e. The van der Waals surface area contributed by atoms with Crippen LogP contribution in [0.2, 0.25) is 0 Å². The number of rotatable bonds is 5. The van der Waals surface area contributed by atoms with E-state index in [1.807, 2.05) is 60.3 Å². The Balaban J connectivity index is 1.22. The van der Waals surface area contributed by atoms with E-state index in [1.165, 1.54) is 36.2 Å². The molecule has 1 amide bonds. The summed E-state index contributed by atoms with van der Waals surface area (Å²) < 4.78 is 7.12. The third-order valence-corrected chi connectivity index (χ3v) is 11.3. The van der Waals surface area contributed by atoms with Gasteiger partial charge in [0.1, 0.15) is 12.3 Å². The molecule has 0 spiro atoms. The van der Waals surface area contributed by atoms with E-state index < -0.39 is 0 Å². The molecule has 4 unspecified atom stereocenters. The lowest BCUT2D eigenvalue weighted by atomic mass is 9.75. The van der Waals surface area contributed by atoms with Crippen molar-refractivity contribution in [1.82, 2.24) is 4.57 Å². The number of benzene rings is 3. The van der Waals surface area contributed by atoms with Crippen LogP contribution in [-0.2, 0) is 11.3 Å². The summed E-state index contributed by atoms with van der Waals surface area (Å²) in [5.74, 6) is 2.82. The topological polar surface area (TPSA) is 60.3 Å². The first-order valence-electron chi connectivity index (χ1n) is 12.9. The van der Waals surface area contributed by atoms with Crippen LogP contribution in [0.15, 0.2) is 76.6 Å². The van der Waals surface area contributed by atoms with Crippen LogP contribution in [0.25, 0.3) is 10.8 Å². The number of carbonyl (C=O) groups is 1. The molecule has 4 aromatic rings. The molecular weight excluding hydrogens is 500 g/mol. The lowest BCUT2D eigenvalue weighted by molar-refractivity contribution is -0.116. The molecule has 3 aliphatic rings. The zero-order valence-electron chi connectivity index (χ0n) is 20.6. The van der Waals surface area contributed by atoms with Gasteiger partial charge in [-0.25, -0.2) is 0 Å². The Bertz CT molecular complexity index is 1560. The Morgan fingerprint density at radius 2 is 1.81 bits per heavy atom. The molecule has 37 heavy (non-hydrogen) atoms. The molecule has 7 heteroatoms. The average Bonchev–Trinajstić information content (AvgIpc) is 3.62. The zero-order valence-corrected chi connectivity index (χ0v) is 22.2. The highest BCUT2D eigenvalue weighted by atomic mass is 32.2. The Morgan fingerprint density at radius 3 is 2.62 bits per heavy atom. The quantitative estimate of drug-likeness (QED) is 0.327. The molecule has 5 atom stereocenters. The molecule has 2 bridgehead atoms. The van der Waals surface area contributed by atoms with Crippen LogP contribution in [0.4, 0.5) is 5.69 Å². The number of nitrogens with one attached hydrogen (secondary N) is 1. The summed E-state index contributed by atoms with van der Waals surface area (Å²) in [4.78, 5) is 27.5. The minimum atomic E-state index is -0.172. The van der Waals surface area contributed by atoms with Crippen LogP contribution in [-0.4, -0.2) is 22.8 Å². The van der Waals surface area contributed by atoms with Crippen molar-refractivity contribution in [3.63, 3.8) is 0 Å².